The van der Waals surface area contributed by atoms with Crippen LogP contribution in [0.1, 0.15) is 18.7 Å². The van der Waals surface area contributed by atoms with E-state index in [4.69, 9.17) is 4.52 Å². The number of aromatic nitrogens is 2. The van der Waals surface area contributed by atoms with Crippen LogP contribution in [0, 0.1) is 0 Å². The van der Waals surface area contributed by atoms with E-state index in [9.17, 15) is 0 Å². The van der Waals surface area contributed by atoms with E-state index in [2.05, 4.69) is 20.8 Å². The lowest BCUT2D eigenvalue weighted by Crippen LogP contribution is -2.34. The summed E-state index contributed by atoms with van der Waals surface area (Å²) in [6.07, 6.45) is 4.84. The summed E-state index contributed by atoms with van der Waals surface area (Å²) in [5.74, 6) is 0.705. The maximum absolute atomic E-state index is 4.89. The van der Waals surface area contributed by atoms with Crippen molar-refractivity contribution in [3.63, 3.8) is 0 Å². The first kappa shape index (κ1) is 9.61. The predicted octanol–water partition coefficient (Wildman–Crippen LogP) is -0.0463. The van der Waals surface area contributed by atoms with Crippen LogP contribution in [-0.4, -0.2) is 35.8 Å². The van der Waals surface area contributed by atoms with Gasteiger partial charge in [0.25, 0.3) is 0 Å². The highest BCUT2D eigenvalue weighted by atomic mass is 16.5. The highest BCUT2D eigenvalue weighted by Gasteiger charge is 2.12. The van der Waals surface area contributed by atoms with Crippen LogP contribution in [0.4, 0.5) is 0 Å². The molecule has 1 saturated heterocycles. The minimum atomic E-state index is 0.651. The molecule has 1 fully saturated rings. The molecule has 2 N–H and O–H groups in total. The van der Waals surface area contributed by atoms with Crippen LogP contribution in [0.2, 0.25) is 0 Å². The second-order valence-electron chi connectivity index (χ2n) is 3.58. The second kappa shape index (κ2) is 5.07. The molecule has 1 aliphatic heterocycles. The Morgan fingerprint density at radius 3 is 3.36 bits per heavy atom. The lowest BCUT2D eigenvalue weighted by Gasteiger charge is -2.10. The normalized spacial score (nSPS) is 21.6. The van der Waals surface area contributed by atoms with Crippen molar-refractivity contribution in [1.82, 2.24) is 20.8 Å². The molecule has 0 aromatic carbocycles. The van der Waals surface area contributed by atoms with Crippen molar-refractivity contribution in [2.45, 2.75) is 25.3 Å². The molecule has 1 aliphatic rings. The molecule has 1 aromatic heterocycles. The zero-order valence-electron chi connectivity index (χ0n) is 8.20. The van der Waals surface area contributed by atoms with E-state index in [0.29, 0.717) is 11.9 Å². The Bertz CT molecular complexity index is 243. The Morgan fingerprint density at radius 2 is 2.64 bits per heavy atom. The van der Waals surface area contributed by atoms with Crippen LogP contribution in [-0.2, 0) is 6.42 Å². The van der Waals surface area contributed by atoms with Gasteiger partial charge in [-0.2, -0.15) is 4.98 Å². The predicted molar refractivity (Wildman–Crippen MR) is 51.9 cm³/mol. The third-order valence-corrected chi connectivity index (χ3v) is 2.48. The third kappa shape index (κ3) is 2.78. The van der Waals surface area contributed by atoms with E-state index >= 15 is 0 Å². The van der Waals surface area contributed by atoms with Gasteiger partial charge in [0.2, 0.25) is 5.89 Å². The first-order valence-electron chi connectivity index (χ1n) is 5.15. The highest BCUT2D eigenvalue weighted by Crippen LogP contribution is 2.02. The summed E-state index contributed by atoms with van der Waals surface area (Å²) in [7, 11) is 0. The molecule has 0 amide bonds. The summed E-state index contributed by atoms with van der Waals surface area (Å²) < 4.78 is 4.89. The zero-order chi connectivity index (χ0) is 9.64. The van der Waals surface area contributed by atoms with Gasteiger partial charge in [-0.3, -0.25) is 0 Å². The lowest BCUT2D eigenvalue weighted by atomic mass is 10.2. The van der Waals surface area contributed by atoms with E-state index in [0.717, 1.165) is 26.1 Å². The fourth-order valence-electron chi connectivity index (χ4n) is 1.71. The summed E-state index contributed by atoms with van der Waals surface area (Å²) in [6.45, 7) is 3.10. The standard InChI is InChI=1S/C9H16N4O/c1-2-8(11-4-1)6-10-5-3-9-12-7-13-14-9/h7-8,10-11H,1-6H2. The molecule has 0 saturated carbocycles. The van der Waals surface area contributed by atoms with Gasteiger partial charge < -0.3 is 15.2 Å². The summed E-state index contributed by atoms with van der Waals surface area (Å²) in [5.41, 5.74) is 0. The van der Waals surface area contributed by atoms with Gasteiger partial charge in [-0.15, -0.1) is 0 Å². The first-order valence-corrected chi connectivity index (χ1v) is 5.15. The Kier molecular flexibility index (Phi) is 3.48. The van der Waals surface area contributed by atoms with Crippen molar-refractivity contribution < 1.29 is 4.52 Å². The minimum absolute atomic E-state index is 0.651. The van der Waals surface area contributed by atoms with Gasteiger partial charge in [-0.05, 0) is 19.4 Å². The molecular weight excluding hydrogens is 180 g/mol. The molecule has 2 heterocycles. The zero-order valence-corrected chi connectivity index (χ0v) is 8.20. The van der Waals surface area contributed by atoms with Gasteiger partial charge in [0.05, 0.1) is 0 Å². The fraction of sp³-hybridized carbons (Fsp3) is 0.778. The molecular formula is C9H16N4O. The smallest absolute Gasteiger partial charge is 0.227 e. The molecule has 1 atom stereocenters. The van der Waals surface area contributed by atoms with Crippen LogP contribution in [0.15, 0.2) is 10.9 Å². The summed E-state index contributed by atoms with van der Waals surface area (Å²) in [6, 6.07) is 0.651. The van der Waals surface area contributed by atoms with Gasteiger partial charge in [0, 0.05) is 25.6 Å². The molecule has 1 aromatic rings. The average molecular weight is 196 g/mol. The van der Waals surface area contributed by atoms with Gasteiger partial charge in [0.15, 0.2) is 6.33 Å². The van der Waals surface area contributed by atoms with E-state index in [-0.39, 0.29) is 0 Å². The van der Waals surface area contributed by atoms with E-state index < -0.39 is 0 Å². The van der Waals surface area contributed by atoms with E-state index in [1.807, 2.05) is 0 Å². The molecule has 14 heavy (non-hydrogen) atoms. The second-order valence-corrected chi connectivity index (χ2v) is 3.58. The molecule has 0 spiro atoms. The quantitative estimate of drug-likeness (QED) is 0.647. The number of nitrogens with one attached hydrogen (secondary N) is 2. The Hall–Kier alpha value is -0.940. The van der Waals surface area contributed by atoms with Crippen molar-refractivity contribution in [2.75, 3.05) is 19.6 Å². The van der Waals surface area contributed by atoms with E-state index in [1.165, 1.54) is 19.2 Å². The third-order valence-electron chi connectivity index (χ3n) is 2.48. The summed E-state index contributed by atoms with van der Waals surface area (Å²) in [5, 5.41) is 10.4. The maximum Gasteiger partial charge on any atom is 0.227 e. The molecule has 5 nitrogen and oxygen atoms in total. The number of hydrogen-bond donors (Lipinski definition) is 2. The Balaban J connectivity index is 1.55. The van der Waals surface area contributed by atoms with Crippen LogP contribution in [0.5, 0.6) is 0 Å². The van der Waals surface area contributed by atoms with Crippen LogP contribution < -0.4 is 10.6 Å². The largest absolute Gasteiger partial charge is 0.340 e. The molecule has 0 bridgehead atoms. The van der Waals surface area contributed by atoms with E-state index in [1.54, 1.807) is 0 Å². The average Bonchev–Trinajstić information content (AvgIpc) is 2.86. The van der Waals surface area contributed by atoms with Crippen molar-refractivity contribution in [3.05, 3.63) is 12.2 Å². The number of hydrogen-bond acceptors (Lipinski definition) is 5. The monoisotopic (exact) mass is 196 g/mol. The highest BCUT2D eigenvalue weighted by molar-refractivity contribution is 4.78. The molecule has 0 aliphatic carbocycles. The van der Waals surface area contributed by atoms with Crippen LogP contribution in [0.25, 0.3) is 0 Å². The van der Waals surface area contributed by atoms with Gasteiger partial charge in [-0.1, -0.05) is 5.16 Å². The van der Waals surface area contributed by atoms with Crippen LogP contribution in [0.3, 0.4) is 0 Å². The number of nitrogens with zero attached hydrogens (tertiary/aromatic N) is 2. The topological polar surface area (TPSA) is 63.0 Å². The lowest BCUT2D eigenvalue weighted by molar-refractivity contribution is 0.373. The molecule has 78 valence electrons. The summed E-state index contributed by atoms with van der Waals surface area (Å²) >= 11 is 0. The Morgan fingerprint density at radius 1 is 1.64 bits per heavy atom. The maximum atomic E-state index is 4.89. The SMILES string of the molecule is c1noc(CCNCC2CCCN2)n1. The summed E-state index contributed by atoms with van der Waals surface area (Å²) in [4.78, 5) is 3.95. The molecule has 5 heteroatoms. The fourth-order valence-corrected chi connectivity index (χ4v) is 1.71. The minimum Gasteiger partial charge on any atom is -0.340 e. The van der Waals surface area contributed by atoms with Crippen molar-refractivity contribution in [3.8, 4) is 0 Å². The van der Waals surface area contributed by atoms with Gasteiger partial charge in [0.1, 0.15) is 0 Å². The number of rotatable bonds is 5. The van der Waals surface area contributed by atoms with Crippen molar-refractivity contribution in [2.24, 2.45) is 0 Å². The van der Waals surface area contributed by atoms with Gasteiger partial charge >= 0.3 is 0 Å². The van der Waals surface area contributed by atoms with Crippen LogP contribution >= 0.6 is 0 Å². The van der Waals surface area contributed by atoms with Gasteiger partial charge in [-0.25, -0.2) is 0 Å². The van der Waals surface area contributed by atoms with Crippen molar-refractivity contribution in [1.29, 1.82) is 0 Å². The molecule has 0 radical (unpaired) electrons. The Labute approximate surface area is 83.3 Å². The molecule has 1 unspecified atom stereocenters. The first-order chi connectivity index (χ1) is 6.95. The van der Waals surface area contributed by atoms with Crippen molar-refractivity contribution >= 4 is 0 Å². The molecule has 2 rings (SSSR count).